The third kappa shape index (κ3) is 3.81. The molecule has 0 aliphatic carbocycles. The number of amides is 1. The van der Waals surface area contributed by atoms with Crippen LogP contribution in [0.3, 0.4) is 0 Å². The Hall–Kier alpha value is -0.580. The van der Waals surface area contributed by atoms with Gasteiger partial charge in [0.2, 0.25) is 5.91 Å². The SMILES string of the molecule is CC(NCc1cc(Br)ccc1Cl)C(N)=O. The molecule has 5 heteroatoms. The summed E-state index contributed by atoms with van der Waals surface area (Å²) in [6.07, 6.45) is 0. The van der Waals surface area contributed by atoms with E-state index in [4.69, 9.17) is 17.3 Å². The monoisotopic (exact) mass is 290 g/mol. The predicted molar refractivity (Wildman–Crippen MR) is 64.6 cm³/mol. The van der Waals surface area contributed by atoms with E-state index in [-0.39, 0.29) is 11.9 Å². The molecule has 0 heterocycles. The van der Waals surface area contributed by atoms with Crippen LogP contribution in [0.15, 0.2) is 22.7 Å². The lowest BCUT2D eigenvalue weighted by atomic mass is 10.2. The first-order valence-corrected chi connectivity index (χ1v) is 5.64. The molecule has 0 aliphatic heterocycles. The van der Waals surface area contributed by atoms with Gasteiger partial charge in [-0.1, -0.05) is 27.5 Å². The highest BCUT2D eigenvalue weighted by atomic mass is 79.9. The Kier molecular flexibility index (Phi) is 4.57. The third-order valence-corrected chi connectivity index (χ3v) is 2.90. The Labute approximate surface area is 102 Å². The van der Waals surface area contributed by atoms with Crippen molar-refractivity contribution in [3.63, 3.8) is 0 Å². The van der Waals surface area contributed by atoms with Crippen molar-refractivity contribution in [2.45, 2.75) is 19.5 Å². The molecule has 0 saturated heterocycles. The number of hydrogen-bond acceptors (Lipinski definition) is 2. The molecule has 1 rings (SSSR count). The van der Waals surface area contributed by atoms with Crippen molar-refractivity contribution in [2.24, 2.45) is 5.73 Å². The Morgan fingerprint density at radius 3 is 2.93 bits per heavy atom. The van der Waals surface area contributed by atoms with Crippen molar-refractivity contribution in [1.29, 1.82) is 0 Å². The summed E-state index contributed by atoms with van der Waals surface area (Å²) in [5, 5.41) is 3.66. The average Bonchev–Trinajstić information content (AvgIpc) is 2.18. The average molecular weight is 292 g/mol. The van der Waals surface area contributed by atoms with E-state index in [2.05, 4.69) is 21.2 Å². The summed E-state index contributed by atoms with van der Waals surface area (Å²) in [6, 6.07) is 5.21. The van der Waals surface area contributed by atoms with Crippen LogP contribution in [-0.4, -0.2) is 11.9 Å². The lowest BCUT2D eigenvalue weighted by molar-refractivity contribution is -0.119. The molecule has 82 valence electrons. The van der Waals surface area contributed by atoms with Crippen molar-refractivity contribution in [2.75, 3.05) is 0 Å². The molecule has 1 atom stereocenters. The topological polar surface area (TPSA) is 55.1 Å². The zero-order valence-electron chi connectivity index (χ0n) is 8.26. The van der Waals surface area contributed by atoms with Gasteiger partial charge in [0.05, 0.1) is 6.04 Å². The van der Waals surface area contributed by atoms with Gasteiger partial charge in [-0.05, 0) is 30.7 Å². The van der Waals surface area contributed by atoms with Gasteiger partial charge in [0.1, 0.15) is 0 Å². The number of carbonyl (C=O) groups excluding carboxylic acids is 1. The second-order valence-corrected chi connectivity index (χ2v) is 4.56. The number of benzene rings is 1. The molecule has 1 unspecified atom stereocenters. The minimum Gasteiger partial charge on any atom is -0.368 e. The zero-order chi connectivity index (χ0) is 11.4. The molecule has 0 bridgehead atoms. The minimum absolute atomic E-state index is 0.361. The third-order valence-electron chi connectivity index (χ3n) is 2.03. The van der Waals surface area contributed by atoms with Gasteiger partial charge in [-0.3, -0.25) is 4.79 Å². The number of primary amides is 1. The molecule has 1 aromatic rings. The highest BCUT2D eigenvalue weighted by molar-refractivity contribution is 9.10. The van der Waals surface area contributed by atoms with Gasteiger partial charge in [0, 0.05) is 16.0 Å². The number of carbonyl (C=O) groups is 1. The van der Waals surface area contributed by atoms with E-state index in [1.165, 1.54) is 0 Å². The van der Waals surface area contributed by atoms with Crippen LogP contribution in [-0.2, 0) is 11.3 Å². The van der Waals surface area contributed by atoms with Crippen LogP contribution in [0, 0.1) is 0 Å². The lowest BCUT2D eigenvalue weighted by Gasteiger charge is -2.11. The molecule has 0 radical (unpaired) electrons. The van der Waals surface area contributed by atoms with Gasteiger partial charge < -0.3 is 11.1 Å². The Bertz CT molecular complexity index is 370. The minimum atomic E-state index is -0.374. The maximum Gasteiger partial charge on any atom is 0.234 e. The molecule has 1 aromatic carbocycles. The first-order chi connectivity index (χ1) is 7.00. The Morgan fingerprint density at radius 2 is 2.33 bits per heavy atom. The lowest BCUT2D eigenvalue weighted by Crippen LogP contribution is -2.38. The van der Waals surface area contributed by atoms with E-state index in [0.29, 0.717) is 11.6 Å². The summed E-state index contributed by atoms with van der Waals surface area (Å²) in [5.41, 5.74) is 6.05. The zero-order valence-corrected chi connectivity index (χ0v) is 10.6. The highest BCUT2D eigenvalue weighted by Gasteiger charge is 2.08. The van der Waals surface area contributed by atoms with Gasteiger partial charge in [0.25, 0.3) is 0 Å². The summed E-state index contributed by atoms with van der Waals surface area (Å²) < 4.78 is 0.954. The fourth-order valence-corrected chi connectivity index (χ4v) is 1.64. The van der Waals surface area contributed by atoms with Crippen LogP contribution in [0.25, 0.3) is 0 Å². The smallest absolute Gasteiger partial charge is 0.234 e. The highest BCUT2D eigenvalue weighted by Crippen LogP contribution is 2.20. The number of halogens is 2. The maximum atomic E-state index is 10.8. The number of hydrogen-bond donors (Lipinski definition) is 2. The molecule has 0 aliphatic rings. The standard InChI is InChI=1S/C10H12BrClN2O/c1-6(10(13)15)14-5-7-4-8(11)2-3-9(7)12/h2-4,6,14H,5H2,1H3,(H2,13,15). The van der Waals surface area contributed by atoms with Crippen LogP contribution < -0.4 is 11.1 Å². The van der Waals surface area contributed by atoms with E-state index < -0.39 is 0 Å². The first-order valence-electron chi connectivity index (χ1n) is 4.47. The van der Waals surface area contributed by atoms with Crippen molar-refractivity contribution < 1.29 is 4.79 Å². The van der Waals surface area contributed by atoms with Gasteiger partial charge in [0.15, 0.2) is 0 Å². The summed E-state index contributed by atoms with van der Waals surface area (Å²) >= 11 is 9.34. The van der Waals surface area contributed by atoms with Crippen molar-refractivity contribution >= 4 is 33.4 Å². The molecule has 0 fully saturated rings. The summed E-state index contributed by atoms with van der Waals surface area (Å²) in [4.78, 5) is 10.8. The Morgan fingerprint density at radius 1 is 1.67 bits per heavy atom. The summed E-state index contributed by atoms with van der Waals surface area (Å²) in [7, 11) is 0. The number of nitrogens with two attached hydrogens (primary N) is 1. The predicted octanol–water partition coefficient (Wildman–Crippen LogP) is 2.07. The fourth-order valence-electron chi connectivity index (χ4n) is 1.04. The van der Waals surface area contributed by atoms with Gasteiger partial charge in [-0.2, -0.15) is 0 Å². The van der Waals surface area contributed by atoms with Crippen LogP contribution in [0.1, 0.15) is 12.5 Å². The normalized spacial score (nSPS) is 12.5. The molecular weight excluding hydrogens is 279 g/mol. The van der Waals surface area contributed by atoms with Crippen molar-refractivity contribution in [3.05, 3.63) is 33.3 Å². The molecule has 15 heavy (non-hydrogen) atoms. The van der Waals surface area contributed by atoms with E-state index >= 15 is 0 Å². The van der Waals surface area contributed by atoms with Gasteiger partial charge in [-0.15, -0.1) is 0 Å². The van der Waals surface area contributed by atoms with Gasteiger partial charge >= 0.3 is 0 Å². The van der Waals surface area contributed by atoms with Crippen LogP contribution >= 0.6 is 27.5 Å². The summed E-state index contributed by atoms with van der Waals surface area (Å²) in [5.74, 6) is -0.374. The first kappa shape index (κ1) is 12.5. The second kappa shape index (κ2) is 5.49. The van der Waals surface area contributed by atoms with Crippen LogP contribution in [0.4, 0.5) is 0 Å². The number of nitrogens with one attached hydrogen (secondary N) is 1. The van der Waals surface area contributed by atoms with E-state index in [1.807, 2.05) is 12.1 Å². The van der Waals surface area contributed by atoms with Crippen LogP contribution in [0.2, 0.25) is 5.02 Å². The maximum absolute atomic E-state index is 10.8. The fraction of sp³-hybridized carbons (Fsp3) is 0.300. The molecule has 0 spiro atoms. The van der Waals surface area contributed by atoms with Gasteiger partial charge in [-0.25, -0.2) is 0 Å². The molecule has 0 saturated carbocycles. The number of rotatable bonds is 4. The van der Waals surface area contributed by atoms with E-state index in [1.54, 1.807) is 13.0 Å². The summed E-state index contributed by atoms with van der Waals surface area (Å²) in [6.45, 7) is 2.23. The quantitative estimate of drug-likeness (QED) is 0.892. The molecule has 1 amide bonds. The van der Waals surface area contributed by atoms with E-state index in [9.17, 15) is 4.79 Å². The second-order valence-electron chi connectivity index (χ2n) is 3.24. The Balaban J connectivity index is 2.65. The molecule has 0 aromatic heterocycles. The molecule has 3 N–H and O–H groups in total. The molecule has 3 nitrogen and oxygen atoms in total. The van der Waals surface area contributed by atoms with Crippen LogP contribution in [0.5, 0.6) is 0 Å². The van der Waals surface area contributed by atoms with Crippen molar-refractivity contribution in [3.8, 4) is 0 Å². The van der Waals surface area contributed by atoms with Crippen molar-refractivity contribution in [1.82, 2.24) is 5.32 Å². The molecular formula is C10H12BrClN2O. The van der Waals surface area contributed by atoms with E-state index in [0.717, 1.165) is 10.0 Å². The largest absolute Gasteiger partial charge is 0.368 e.